The lowest BCUT2D eigenvalue weighted by Gasteiger charge is -2.19. The Bertz CT molecular complexity index is 253. The van der Waals surface area contributed by atoms with Gasteiger partial charge in [-0.15, -0.1) is 0 Å². The summed E-state index contributed by atoms with van der Waals surface area (Å²) in [6, 6.07) is 1.73. The van der Waals surface area contributed by atoms with Crippen LogP contribution >= 0.6 is 0 Å². The molecule has 1 aromatic heterocycles. The number of aliphatic hydroxyl groups excluding tert-OH is 1. The molecule has 78 valence electrons. The van der Waals surface area contributed by atoms with Crippen molar-refractivity contribution in [3.05, 3.63) is 24.3 Å². The second kappa shape index (κ2) is 5.67. The van der Waals surface area contributed by atoms with Crippen molar-refractivity contribution in [2.45, 2.75) is 25.9 Å². The molecule has 4 nitrogen and oxygen atoms in total. The molecule has 0 amide bonds. The fourth-order valence-corrected chi connectivity index (χ4v) is 1.45. The first-order valence-corrected chi connectivity index (χ1v) is 4.94. The third kappa shape index (κ3) is 2.75. The third-order valence-electron chi connectivity index (χ3n) is 2.26. The van der Waals surface area contributed by atoms with Crippen molar-refractivity contribution < 1.29 is 5.11 Å². The van der Waals surface area contributed by atoms with Crippen LogP contribution < -0.4 is 5.73 Å². The van der Waals surface area contributed by atoms with Gasteiger partial charge >= 0.3 is 0 Å². The summed E-state index contributed by atoms with van der Waals surface area (Å²) in [4.78, 5) is 8.03. The van der Waals surface area contributed by atoms with Crippen LogP contribution in [0, 0.1) is 5.92 Å². The normalized spacial score (nSPS) is 15.1. The maximum absolute atomic E-state index is 9.91. The van der Waals surface area contributed by atoms with E-state index in [1.54, 1.807) is 18.5 Å². The van der Waals surface area contributed by atoms with Crippen LogP contribution in [0.25, 0.3) is 0 Å². The quantitative estimate of drug-likeness (QED) is 0.731. The number of aliphatic hydroxyl groups is 1. The monoisotopic (exact) mass is 195 g/mol. The Hall–Kier alpha value is -1.00. The average Bonchev–Trinajstić information content (AvgIpc) is 2.26. The molecule has 0 aromatic carbocycles. The Morgan fingerprint density at radius 3 is 2.57 bits per heavy atom. The van der Waals surface area contributed by atoms with E-state index in [4.69, 9.17) is 5.73 Å². The second-order valence-corrected chi connectivity index (χ2v) is 3.34. The summed E-state index contributed by atoms with van der Waals surface area (Å²) < 4.78 is 0. The Kier molecular flexibility index (Phi) is 4.49. The molecule has 0 radical (unpaired) electrons. The fourth-order valence-electron chi connectivity index (χ4n) is 1.45. The molecule has 0 aliphatic heterocycles. The van der Waals surface area contributed by atoms with Gasteiger partial charge < -0.3 is 10.8 Å². The highest BCUT2D eigenvalue weighted by Crippen LogP contribution is 2.21. The van der Waals surface area contributed by atoms with Gasteiger partial charge in [0.15, 0.2) is 5.82 Å². The van der Waals surface area contributed by atoms with Crippen LogP contribution in [0.5, 0.6) is 0 Å². The summed E-state index contributed by atoms with van der Waals surface area (Å²) in [6.45, 7) is 2.54. The Morgan fingerprint density at radius 1 is 1.43 bits per heavy atom. The number of rotatable bonds is 5. The highest BCUT2D eigenvalue weighted by Gasteiger charge is 2.20. The molecule has 1 heterocycles. The summed E-state index contributed by atoms with van der Waals surface area (Å²) in [5.41, 5.74) is 5.58. The predicted molar refractivity (Wildman–Crippen MR) is 54.4 cm³/mol. The molecule has 14 heavy (non-hydrogen) atoms. The highest BCUT2D eigenvalue weighted by molar-refractivity contribution is 4.94. The van der Waals surface area contributed by atoms with Gasteiger partial charge in [-0.05, 0) is 19.0 Å². The van der Waals surface area contributed by atoms with E-state index in [-0.39, 0.29) is 5.92 Å². The molecule has 0 saturated heterocycles. The van der Waals surface area contributed by atoms with Crippen LogP contribution in [0.4, 0.5) is 0 Å². The van der Waals surface area contributed by atoms with Gasteiger partial charge in [-0.2, -0.15) is 0 Å². The number of hydrogen-bond acceptors (Lipinski definition) is 4. The van der Waals surface area contributed by atoms with Gasteiger partial charge in [-0.1, -0.05) is 13.3 Å². The summed E-state index contributed by atoms with van der Waals surface area (Å²) in [5, 5.41) is 9.91. The molecule has 0 saturated carbocycles. The van der Waals surface area contributed by atoms with Gasteiger partial charge in [0.05, 0.1) is 0 Å². The van der Waals surface area contributed by atoms with E-state index >= 15 is 0 Å². The van der Waals surface area contributed by atoms with E-state index in [9.17, 15) is 5.11 Å². The van der Waals surface area contributed by atoms with Crippen LogP contribution in [0.1, 0.15) is 31.7 Å². The van der Waals surface area contributed by atoms with Crippen LogP contribution in [0.15, 0.2) is 18.5 Å². The smallest absolute Gasteiger partial charge is 0.157 e. The maximum atomic E-state index is 9.91. The molecular weight excluding hydrogens is 178 g/mol. The van der Waals surface area contributed by atoms with E-state index in [2.05, 4.69) is 16.9 Å². The molecular formula is C10H17N3O. The number of hydrogen-bond donors (Lipinski definition) is 2. The standard InChI is InChI=1S/C10H17N3O/c1-2-4-8(7-11)9(14)10-12-5-3-6-13-10/h3,5-6,8-9,14H,2,4,7,11H2,1H3. The van der Waals surface area contributed by atoms with Gasteiger partial charge in [-0.25, -0.2) is 9.97 Å². The lowest BCUT2D eigenvalue weighted by atomic mass is 9.97. The average molecular weight is 195 g/mol. The van der Waals surface area contributed by atoms with Gasteiger partial charge in [0.1, 0.15) is 6.10 Å². The number of aromatic nitrogens is 2. The van der Waals surface area contributed by atoms with E-state index in [1.807, 2.05) is 0 Å². The second-order valence-electron chi connectivity index (χ2n) is 3.34. The maximum Gasteiger partial charge on any atom is 0.157 e. The Labute approximate surface area is 84.2 Å². The SMILES string of the molecule is CCCC(CN)C(O)c1ncccn1. The third-order valence-corrected chi connectivity index (χ3v) is 2.26. The molecule has 3 N–H and O–H groups in total. The molecule has 0 fully saturated rings. The Morgan fingerprint density at radius 2 is 2.07 bits per heavy atom. The van der Waals surface area contributed by atoms with E-state index in [1.165, 1.54) is 0 Å². The number of nitrogens with zero attached hydrogens (tertiary/aromatic N) is 2. The molecule has 0 aliphatic rings. The minimum Gasteiger partial charge on any atom is -0.385 e. The van der Waals surface area contributed by atoms with Crippen LogP contribution in [0.3, 0.4) is 0 Å². The molecule has 2 unspecified atom stereocenters. The van der Waals surface area contributed by atoms with Crippen molar-refractivity contribution in [1.29, 1.82) is 0 Å². The summed E-state index contributed by atoms with van der Waals surface area (Å²) >= 11 is 0. The molecule has 0 bridgehead atoms. The van der Waals surface area contributed by atoms with Gasteiger partial charge in [0.25, 0.3) is 0 Å². The van der Waals surface area contributed by atoms with Crippen molar-refractivity contribution in [2.24, 2.45) is 11.7 Å². The zero-order valence-electron chi connectivity index (χ0n) is 8.43. The first kappa shape index (κ1) is 11.1. The lowest BCUT2D eigenvalue weighted by molar-refractivity contribution is 0.0980. The van der Waals surface area contributed by atoms with E-state index in [0.717, 1.165) is 12.8 Å². The minimum atomic E-state index is -0.638. The Balaban J connectivity index is 2.67. The van der Waals surface area contributed by atoms with Gasteiger partial charge in [0.2, 0.25) is 0 Å². The van der Waals surface area contributed by atoms with Gasteiger partial charge in [-0.3, -0.25) is 0 Å². The van der Waals surface area contributed by atoms with Crippen molar-refractivity contribution in [3.8, 4) is 0 Å². The van der Waals surface area contributed by atoms with E-state index in [0.29, 0.717) is 12.4 Å². The van der Waals surface area contributed by atoms with Crippen molar-refractivity contribution in [1.82, 2.24) is 9.97 Å². The zero-order valence-corrected chi connectivity index (χ0v) is 8.43. The summed E-state index contributed by atoms with van der Waals surface area (Å²) in [5.74, 6) is 0.527. The fraction of sp³-hybridized carbons (Fsp3) is 0.600. The largest absolute Gasteiger partial charge is 0.385 e. The van der Waals surface area contributed by atoms with E-state index < -0.39 is 6.10 Å². The molecule has 0 spiro atoms. The van der Waals surface area contributed by atoms with Crippen molar-refractivity contribution in [3.63, 3.8) is 0 Å². The molecule has 4 heteroatoms. The first-order chi connectivity index (χ1) is 6.79. The molecule has 0 aliphatic carbocycles. The first-order valence-electron chi connectivity index (χ1n) is 4.94. The summed E-state index contributed by atoms with van der Waals surface area (Å²) in [6.07, 6.45) is 4.53. The van der Waals surface area contributed by atoms with Crippen LogP contribution in [-0.4, -0.2) is 21.6 Å². The zero-order chi connectivity index (χ0) is 10.4. The number of nitrogens with two attached hydrogens (primary N) is 1. The molecule has 1 rings (SSSR count). The predicted octanol–water partition coefficient (Wildman–Crippen LogP) is 0.885. The van der Waals surface area contributed by atoms with Crippen LogP contribution in [0.2, 0.25) is 0 Å². The van der Waals surface area contributed by atoms with Crippen LogP contribution in [-0.2, 0) is 0 Å². The highest BCUT2D eigenvalue weighted by atomic mass is 16.3. The summed E-state index contributed by atoms with van der Waals surface area (Å²) in [7, 11) is 0. The van der Waals surface area contributed by atoms with Crippen molar-refractivity contribution >= 4 is 0 Å². The van der Waals surface area contributed by atoms with Crippen molar-refractivity contribution in [2.75, 3.05) is 6.54 Å². The minimum absolute atomic E-state index is 0.0578. The molecule has 1 aromatic rings. The molecule has 2 atom stereocenters. The van der Waals surface area contributed by atoms with Gasteiger partial charge in [0, 0.05) is 18.3 Å². The topological polar surface area (TPSA) is 72.0 Å². The lowest BCUT2D eigenvalue weighted by Crippen LogP contribution is -2.23.